The van der Waals surface area contributed by atoms with E-state index in [1.54, 1.807) is 6.92 Å². The fourth-order valence-corrected chi connectivity index (χ4v) is 1.90. The Bertz CT molecular complexity index is 473. The molecule has 0 saturated carbocycles. The average Bonchev–Trinajstić information content (AvgIpc) is 2.46. The molecule has 1 rings (SSSR count). The lowest BCUT2D eigenvalue weighted by atomic mass is 10.1. The van der Waals surface area contributed by atoms with E-state index in [0.29, 0.717) is 12.5 Å². The number of carbonyl (C=O) groups is 2. The van der Waals surface area contributed by atoms with E-state index in [-0.39, 0.29) is 6.42 Å². The Morgan fingerprint density at radius 1 is 1.18 bits per heavy atom. The highest BCUT2D eigenvalue weighted by Crippen LogP contribution is 2.05. The fraction of sp³-hybridized carbons (Fsp3) is 0.529. The van der Waals surface area contributed by atoms with Gasteiger partial charge in [0.1, 0.15) is 12.1 Å². The van der Waals surface area contributed by atoms with Gasteiger partial charge in [-0.05, 0) is 24.8 Å². The van der Waals surface area contributed by atoms with Crippen LogP contribution in [0.5, 0.6) is 0 Å². The van der Waals surface area contributed by atoms with Crippen molar-refractivity contribution >= 4 is 11.9 Å². The van der Waals surface area contributed by atoms with E-state index >= 15 is 0 Å². The van der Waals surface area contributed by atoms with Crippen LogP contribution in [-0.2, 0) is 20.7 Å². The Morgan fingerprint density at radius 2 is 1.82 bits per heavy atom. The molecule has 22 heavy (non-hydrogen) atoms. The molecular weight excluding hydrogens is 282 g/mol. The number of carboxylic acids is 1. The summed E-state index contributed by atoms with van der Waals surface area (Å²) in [6.45, 7) is 6.28. The molecule has 0 aliphatic heterocycles. The van der Waals surface area contributed by atoms with Gasteiger partial charge < -0.3 is 15.2 Å². The van der Waals surface area contributed by atoms with Gasteiger partial charge in [0.2, 0.25) is 5.91 Å². The molecule has 122 valence electrons. The molecule has 0 heterocycles. The van der Waals surface area contributed by atoms with Gasteiger partial charge in [-0.2, -0.15) is 0 Å². The minimum absolute atomic E-state index is 0.251. The maximum Gasteiger partial charge on any atom is 0.326 e. The summed E-state index contributed by atoms with van der Waals surface area (Å²) in [6, 6.07) is 8.27. The second kappa shape index (κ2) is 9.20. The van der Waals surface area contributed by atoms with Gasteiger partial charge >= 0.3 is 5.97 Å². The van der Waals surface area contributed by atoms with Gasteiger partial charge in [-0.15, -0.1) is 0 Å². The second-order valence-corrected chi connectivity index (χ2v) is 5.78. The normalized spacial score (nSPS) is 13.6. The van der Waals surface area contributed by atoms with Gasteiger partial charge in [0, 0.05) is 13.0 Å². The third-order valence-electron chi connectivity index (χ3n) is 3.33. The van der Waals surface area contributed by atoms with Crippen LogP contribution in [0.25, 0.3) is 0 Å². The standard InChI is InChI=1S/C17H25NO4/c1-12(2)9-10-22-13(3)16(19)18-15(17(20)21)11-14-7-5-4-6-8-14/h4-8,12-13,15H,9-11H2,1-3H3,(H,18,19)(H,20,21)/t13?,15-/m0/s1. The van der Waals surface area contributed by atoms with Gasteiger partial charge in [-0.1, -0.05) is 44.2 Å². The molecule has 0 bridgehead atoms. The molecule has 0 aliphatic rings. The molecule has 1 amide bonds. The molecule has 0 radical (unpaired) electrons. The Kier molecular flexibility index (Phi) is 7.60. The summed E-state index contributed by atoms with van der Waals surface area (Å²) >= 11 is 0. The van der Waals surface area contributed by atoms with Crippen LogP contribution in [0.4, 0.5) is 0 Å². The lowest BCUT2D eigenvalue weighted by Gasteiger charge is -2.18. The van der Waals surface area contributed by atoms with Gasteiger partial charge in [0.25, 0.3) is 0 Å². The van der Waals surface area contributed by atoms with Crippen molar-refractivity contribution in [3.63, 3.8) is 0 Å². The van der Waals surface area contributed by atoms with Gasteiger partial charge in [0.15, 0.2) is 0 Å². The number of carboxylic acid groups (broad SMARTS) is 1. The van der Waals surface area contributed by atoms with Crippen molar-refractivity contribution in [1.29, 1.82) is 0 Å². The van der Waals surface area contributed by atoms with Gasteiger partial charge in [0.05, 0.1) is 0 Å². The highest BCUT2D eigenvalue weighted by Gasteiger charge is 2.23. The zero-order valence-electron chi connectivity index (χ0n) is 13.4. The summed E-state index contributed by atoms with van der Waals surface area (Å²) in [5, 5.41) is 11.8. The number of amides is 1. The highest BCUT2D eigenvalue weighted by molar-refractivity contribution is 5.86. The fourth-order valence-electron chi connectivity index (χ4n) is 1.90. The SMILES string of the molecule is CC(C)CCOC(C)C(=O)N[C@@H](Cc1ccccc1)C(=O)O. The van der Waals surface area contributed by atoms with E-state index in [9.17, 15) is 14.7 Å². The molecule has 1 aromatic carbocycles. The molecule has 0 saturated heterocycles. The van der Waals surface area contributed by atoms with E-state index in [4.69, 9.17) is 4.74 Å². The summed E-state index contributed by atoms with van der Waals surface area (Å²) in [5.41, 5.74) is 0.864. The number of hydrogen-bond acceptors (Lipinski definition) is 3. The smallest absolute Gasteiger partial charge is 0.326 e. The van der Waals surface area contributed by atoms with Crippen molar-refractivity contribution in [2.45, 2.75) is 45.8 Å². The number of nitrogens with one attached hydrogen (secondary N) is 1. The van der Waals surface area contributed by atoms with E-state index in [1.165, 1.54) is 0 Å². The summed E-state index contributed by atoms with van der Waals surface area (Å²) in [7, 11) is 0. The third kappa shape index (κ3) is 6.72. The maximum atomic E-state index is 12.0. The van der Waals surface area contributed by atoms with Crippen LogP contribution in [0.1, 0.15) is 32.8 Å². The number of aliphatic carboxylic acids is 1. The Morgan fingerprint density at radius 3 is 2.36 bits per heavy atom. The summed E-state index contributed by atoms with van der Waals surface area (Å²) in [6.07, 6.45) is 0.460. The van der Waals surface area contributed by atoms with Crippen LogP contribution in [-0.4, -0.2) is 35.7 Å². The maximum absolute atomic E-state index is 12.0. The predicted octanol–water partition coefficient (Wildman–Crippen LogP) is 2.25. The predicted molar refractivity (Wildman–Crippen MR) is 84.6 cm³/mol. The first-order valence-electron chi connectivity index (χ1n) is 7.59. The first-order valence-corrected chi connectivity index (χ1v) is 7.59. The molecule has 0 aliphatic carbocycles. The van der Waals surface area contributed by atoms with Crippen LogP contribution in [0, 0.1) is 5.92 Å². The topological polar surface area (TPSA) is 75.6 Å². The Balaban J connectivity index is 2.52. The van der Waals surface area contributed by atoms with E-state index in [1.807, 2.05) is 30.3 Å². The average molecular weight is 307 g/mol. The van der Waals surface area contributed by atoms with Crippen molar-refractivity contribution < 1.29 is 19.4 Å². The molecular formula is C17H25NO4. The molecule has 0 fully saturated rings. The van der Waals surface area contributed by atoms with Crippen LogP contribution >= 0.6 is 0 Å². The largest absolute Gasteiger partial charge is 0.480 e. The summed E-state index contributed by atoms with van der Waals surface area (Å²) in [5.74, 6) is -0.946. The number of rotatable bonds is 9. The molecule has 1 unspecified atom stereocenters. The molecule has 0 aromatic heterocycles. The Hall–Kier alpha value is -1.88. The van der Waals surface area contributed by atoms with Crippen molar-refractivity contribution in [2.24, 2.45) is 5.92 Å². The lowest BCUT2D eigenvalue weighted by molar-refractivity contribution is -0.144. The van der Waals surface area contributed by atoms with E-state index in [0.717, 1.165) is 12.0 Å². The minimum Gasteiger partial charge on any atom is -0.480 e. The summed E-state index contributed by atoms with van der Waals surface area (Å²) < 4.78 is 5.44. The van der Waals surface area contributed by atoms with E-state index < -0.39 is 24.0 Å². The highest BCUT2D eigenvalue weighted by atomic mass is 16.5. The number of ether oxygens (including phenoxy) is 1. The van der Waals surface area contributed by atoms with Gasteiger partial charge in [-0.3, -0.25) is 4.79 Å². The lowest BCUT2D eigenvalue weighted by Crippen LogP contribution is -2.46. The molecule has 0 spiro atoms. The summed E-state index contributed by atoms with van der Waals surface area (Å²) in [4.78, 5) is 23.3. The third-order valence-corrected chi connectivity index (χ3v) is 3.33. The van der Waals surface area contributed by atoms with Crippen molar-refractivity contribution in [1.82, 2.24) is 5.32 Å². The minimum atomic E-state index is -1.05. The zero-order valence-corrected chi connectivity index (χ0v) is 13.4. The zero-order chi connectivity index (χ0) is 16.5. The van der Waals surface area contributed by atoms with Gasteiger partial charge in [-0.25, -0.2) is 4.79 Å². The van der Waals surface area contributed by atoms with Crippen molar-refractivity contribution in [3.05, 3.63) is 35.9 Å². The molecule has 2 atom stereocenters. The molecule has 2 N–H and O–H groups in total. The van der Waals surface area contributed by atoms with Crippen molar-refractivity contribution in [2.75, 3.05) is 6.61 Å². The van der Waals surface area contributed by atoms with Crippen LogP contribution in [0.2, 0.25) is 0 Å². The van der Waals surface area contributed by atoms with Crippen LogP contribution < -0.4 is 5.32 Å². The second-order valence-electron chi connectivity index (χ2n) is 5.78. The van der Waals surface area contributed by atoms with Crippen molar-refractivity contribution in [3.8, 4) is 0 Å². The molecule has 5 heteroatoms. The van der Waals surface area contributed by atoms with Crippen LogP contribution in [0.3, 0.4) is 0 Å². The monoisotopic (exact) mass is 307 g/mol. The first-order chi connectivity index (χ1) is 10.4. The number of carbonyl (C=O) groups excluding carboxylic acids is 1. The number of benzene rings is 1. The molecule has 5 nitrogen and oxygen atoms in total. The molecule has 1 aromatic rings. The van der Waals surface area contributed by atoms with E-state index in [2.05, 4.69) is 19.2 Å². The quantitative estimate of drug-likeness (QED) is 0.733. The first kappa shape index (κ1) is 18.2. The number of hydrogen-bond donors (Lipinski definition) is 2. The Labute approximate surface area is 131 Å². The van der Waals surface area contributed by atoms with Crippen LogP contribution in [0.15, 0.2) is 30.3 Å².